The number of nitrogens with zero attached hydrogens (tertiary/aromatic N) is 1. The predicted octanol–water partition coefficient (Wildman–Crippen LogP) is -3.02. The summed E-state index contributed by atoms with van der Waals surface area (Å²) in [4.78, 5) is 87.2. The number of hydrogen-bond donors (Lipinski definition) is 13. The number of rotatable bonds is 23. The molecule has 17 N–H and O–H groups in total. The van der Waals surface area contributed by atoms with E-state index in [1.165, 1.54) is 24.3 Å². The lowest BCUT2D eigenvalue weighted by Crippen LogP contribution is -2.60. The number of aromatic amines is 1. The van der Waals surface area contributed by atoms with E-state index < -0.39 is 84.9 Å². The number of phenolic OH excluding ortho intramolecular Hbond substituents is 1. The Hall–Kier alpha value is -6.25. The van der Waals surface area contributed by atoms with Crippen LogP contribution in [0.4, 0.5) is 0 Å². The van der Waals surface area contributed by atoms with Gasteiger partial charge in [-0.25, -0.2) is 0 Å². The third-order valence-corrected chi connectivity index (χ3v) is 9.04. The van der Waals surface area contributed by atoms with Crippen LogP contribution in [0.2, 0.25) is 0 Å². The first kappa shape index (κ1) is 46.1. The maximum atomic E-state index is 14.2. The van der Waals surface area contributed by atoms with Crippen LogP contribution >= 0.6 is 0 Å². The Labute approximate surface area is 334 Å². The Morgan fingerprint density at radius 2 is 1.26 bits per heavy atom. The molecule has 2 unspecified atom stereocenters. The molecule has 6 atom stereocenters. The summed E-state index contributed by atoms with van der Waals surface area (Å²) in [6, 6.07) is 5.17. The van der Waals surface area contributed by atoms with Crippen LogP contribution in [0.25, 0.3) is 10.9 Å². The molecule has 20 nitrogen and oxygen atoms in total. The molecule has 0 saturated carbocycles. The SMILES string of the molecule is CC(C)C[C@H](NC(=O)[C@H](Cc1ccc(O)cc1)NC(=O)C(CCCN=C(N)N)NC(=O)C(N)CO)C(=O)N[C@@H](Cc1c[nH]c2ccccc12)C(=O)N[C@@H](CO)C(N)=O. The molecule has 316 valence electrons. The van der Waals surface area contributed by atoms with Crippen LogP contribution in [0.3, 0.4) is 0 Å². The van der Waals surface area contributed by atoms with Gasteiger partial charge in [-0.3, -0.25) is 33.8 Å². The molecule has 2 aromatic carbocycles. The van der Waals surface area contributed by atoms with E-state index in [1.807, 2.05) is 32.0 Å². The number of H-pyrrole nitrogens is 1. The minimum atomic E-state index is -1.44. The maximum Gasteiger partial charge on any atom is 0.243 e. The summed E-state index contributed by atoms with van der Waals surface area (Å²) in [7, 11) is 0. The number of aliphatic hydroxyl groups is 2. The molecule has 0 radical (unpaired) electrons. The van der Waals surface area contributed by atoms with Gasteiger partial charge >= 0.3 is 0 Å². The third kappa shape index (κ3) is 14.4. The normalized spacial score (nSPS) is 14.2. The van der Waals surface area contributed by atoms with Gasteiger partial charge in [0.1, 0.15) is 42.0 Å². The molecule has 3 rings (SSSR count). The molecule has 0 aliphatic heterocycles. The zero-order valence-corrected chi connectivity index (χ0v) is 32.4. The quantitative estimate of drug-likeness (QED) is 0.0259. The monoisotopic (exact) mass is 809 g/mol. The molecule has 0 aliphatic rings. The second-order valence-electron chi connectivity index (χ2n) is 14.2. The average Bonchev–Trinajstić information content (AvgIpc) is 3.59. The van der Waals surface area contributed by atoms with E-state index in [0.717, 1.165) is 10.9 Å². The van der Waals surface area contributed by atoms with Crippen LogP contribution in [-0.2, 0) is 41.6 Å². The van der Waals surface area contributed by atoms with Crippen molar-refractivity contribution in [2.75, 3.05) is 19.8 Å². The van der Waals surface area contributed by atoms with Gasteiger partial charge in [-0.15, -0.1) is 0 Å². The van der Waals surface area contributed by atoms with Gasteiger partial charge in [0.15, 0.2) is 5.96 Å². The van der Waals surface area contributed by atoms with Gasteiger partial charge in [-0.1, -0.05) is 44.2 Å². The van der Waals surface area contributed by atoms with Crippen molar-refractivity contribution >= 4 is 52.3 Å². The highest BCUT2D eigenvalue weighted by atomic mass is 16.3. The average molecular weight is 810 g/mol. The lowest BCUT2D eigenvalue weighted by molar-refractivity contribution is -0.135. The van der Waals surface area contributed by atoms with Crippen molar-refractivity contribution in [2.45, 2.75) is 82.2 Å². The first-order valence-electron chi connectivity index (χ1n) is 18.7. The van der Waals surface area contributed by atoms with Crippen molar-refractivity contribution in [3.8, 4) is 5.75 Å². The number of para-hydroxylation sites is 1. The van der Waals surface area contributed by atoms with Gasteiger partial charge in [-0.2, -0.15) is 0 Å². The van der Waals surface area contributed by atoms with Crippen LogP contribution in [0, 0.1) is 5.92 Å². The van der Waals surface area contributed by atoms with E-state index in [2.05, 4.69) is 36.6 Å². The highest BCUT2D eigenvalue weighted by Crippen LogP contribution is 2.20. The van der Waals surface area contributed by atoms with Crippen LogP contribution in [0.15, 0.2) is 59.7 Å². The number of aromatic nitrogens is 1. The van der Waals surface area contributed by atoms with Crippen molar-refractivity contribution in [2.24, 2.45) is 33.8 Å². The third-order valence-electron chi connectivity index (χ3n) is 9.04. The number of carbonyl (C=O) groups is 6. The van der Waals surface area contributed by atoms with Crippen molar-refractivity contribution in [1.82, 2.24) is 31.6 Å². The summed E-state index contributed by atoms with van der Waals surface area (Å²) in [5.74, 6) is -5.40. The van der Waals surface area contributed by atoms with Crippen LogP contribution in [-0.4, -0.2) is 118 Å². The predicted molar refractivity (Wildman–Crippen MR) is 214 cm³/mol. The zero-order valence-electron chi connectivity index (χ0n) is 32.4. The highest BCUT2D eigenvalue weighted by molar-refractivity contribution is 5.97. The number of carbonyl (C=O) groups excluding carboxylic acids is 6. The van der Waals surface area contributed by atoms with Crippen LogP contribution < -0.4 is 49.5 Å². The van der Waals surface area contributed by atoms with Crippen molar-refractivity contribution in [3.63, 3.8) is 0 Å². The molecule has 0 aliphatic carbocycles. The number of benzene rings is 2. The molecular weight excluding hydrogens is 754 g/mol. The summed E-state index contributed by atoms with van der Waals surface area (Å²) in [5.41, 5.74) is 23.8. The summed E-state index contributed by atoms with van der Waals surface area (Å²) in [6.07, 6.45) is 1.80. The number of aliphatic imine (C=N–C) groups is 1. The maximum absolute atomic E-state index is 14.2. The van der Waals surface area contributed by atoms with E-state index in [-0.39, 0.29) is 56.3 Å². The summed E-state index contributed by atoms with van der Waals surface area (Å²) in [5, 5.41) is 42.6. The number of primary amides is 1. The Bertz CT molecular complexity index is 1900. The lowest BCUT2D eigenvalue weighted by Gasteiger charge is -2.28. The fraction of sp³-hybridized carbons (Fsp3) is 0.447. The van der Waals surface area contributed by atoms with Crippen LogP contribution in [0.5, 0.6) is 5.75 Å². The molecule has 3 aromatic rings. The molecule has 0 bridgehead atoms. The first-order valence-corrected chi connectivity index (χ1v) is 18.7. The molecule has 0 fully saturated rings. The Morgan fingerprint density at radius 1 is 0.707 bits per heavy atom. The Balaban J connectivity index is 1.93. The van der Waals surface area contributed by atoms with Gasteiger partial charge in [0, 0.05) is 36.5 Å². The number of amides is 6. The summed E-state index contributed by atoms with van der Waals surface area (Å²) >= 11 is 0. The number of fused-ring (bicyclic) bond motifs is 1. The van der Waals surface area contributed by atoms with Crippen molar-refractivity contribution in [1.29, 1.82) is 0 Å². The van der Waals surface area contributed by atoms with Gasteiger partial charge in [0.25, 0.3) is 0 Å². The molecule has 58 heavy (non-hydrogen) atoms. The number of nitrogens with two attached hydrogens (primary N) is 4. The lowest BCUT2D eigenvalue weighted by atomic mass is 9.99. The van der Waals surface area contributed by atoms with Gasteiger partial charge < -0.3 is 69.8 Å². The van der Waals surface area contributed by atoms with Crippen molar-refractivity contribution < 1.29 is 44.1 Å². The topological polar surface area (TPSA) is 355 Å². The Kier molecular flexibility index (Phi) is 17.9. The van der Waals surface area contributed by atoms with Gasteiger partial charge in [-0.05, 0) is 54.5 Å². The van der Waals surface area contributed by atoms with Crippen LogP contribution in [0.1, 0.15) is 44.2 Å². The second kappa shape index (κ2) is 22.5. The summed E-state index contributed by atoms with van der Waals surface area (Å²) in [6.45, 7) is 2.24. The summed E-state index contributed by atoms with van der Waals surface area (Å²) < 4.78 is 0. The molecule has 0 saturated heterocycles. The molecule has 0 spiro atoms. The van der Waals surface area contributed by atoms with Gasteiger partial charge in [0.05, 0.1) is 13.2 Å². The van der Waals surface area contributed by atoms with E-state index >= 15 is 0 Å². The van der Waals surface area contributed by atoms with E-state index in [9.17, 15) is 44.1 Å². The smallest absolute Gasteiger partial charge is 0.243 e. The number of aromatic hydroxyl groups is 1. The zero-order chi connectivity index (χ0) is 42.9. The number of aliphatic hydroxyl groups excluding tert-OH is 2. The highest BCUT2D eigenvalue weighted by Gasteiger charge is 2.33. The van der Waals surface area contributed by atoms with E-state index in [4.69, 9.17) is 22.9 Å². The van der Waals surface area contributed by atoms with Crippen molar-refractivity contribution in [3.05, 3.63) is 65.9 Å². The minimum Gasteiger partial charge on any atom is -0.508 e. The number of hydrogen-bond acceptors (Lipinski definition) is 11. The Morgan fingerprint density at radius 3 is 1.84 bits per heavy atom. The van der Waals surface area contributed by atoms with E-state index in [0.29, 0.717) is 11.1 Å². The number of guanidine groups is 1. The standard InChI is InChI=1S/C38H55N11O9/c1-20(2)14-28(35(56)48-30(37(58)49-31(19-51)32(40)53)16-22-17-44-26-7-4-3-6-24(22)26)46-36(57)29(15-21-9-11-23(52)12-10-21)47-34(55)27(8-5-13-43-38(41)42)45-33(54)25(39)18-50/h3-4,6-7,9-12,17,20,25,27-31,44,50-52H,5,8,13-16,18-19,39H2,1-2H3,(H2,40,53)(H,45,54)(H,46,57)(H,47,55)(H,48,56)(H,49,58)(H4,41,42,43)/t25?,27?,28-,29-,30-,31-/m0/s1. The minimum absolute atomic E-state index is 0.00516. The molecule has 1 heterocycles. The number of nitrogens with one attached hydrogen (secondary N) is 6. The molecule has 6 amide bonds. The molecule has 20 heteroatoms. The molecular formula is C38H55N11O9. The largest absolute Gasteiger partial charge is 0.508 e. The van der Waals surface area contributed by atoms with E-state index in [1.54, 1.807) is 12.3 Å². The second-order valence-corrected chi connectivity index (χ2v) is 14.2. The van der Waals surface area contributed by atoms with Gasteiger partial charge in [0.2, 0.25) is 35.4 Å². The fourth-order valence-electron chi connectivity index (χ4n) is 5.94. The fourth-order valence-corrected chi connectivity index (χ4v) is 5.94. The number of phenols is 1. The molecule has 1 aromatic heterocycles. The first-order chi connectivity index (χ1) is 27.5.